The molecule has 0 bridgehead atoms. The van der Waals surface area contributed by atoms with Crippen LogP contribution in [0.15, 0.2) is 0 Å². The average molecular weight is 242 g/mol. The maximum absolute atomic E-state index is 11.9. The topological polar surface area (TPSA) is 78.9 Å². The summed E-state index contributed by atoms with van der Waals surface area (Å²) in [4.78, 5) is 24.5. The Morgan fingerprint density at radius 2 is 2.29 bits per heavy atom. The quantitative estimate of drug-likeness (QED) is 0.729. The van der Waals surface area contributed by atoms with E-state index in [1.165, 1.54) is 0 Å². The molecule has 0 saturated carbocycles. The molecule has 2 heterocycles. The molecule has 2 aliphatic rings. The second-order valence-corrected chi connectivity index (χ2v) is 5.05. The van der Waals surface area contributed by atoms with E-state index in [9.17, 15) is 9.59 Å². The molecule has 0 aliphatic carbocycles. The first-order valence-corrected chi connectivity index (χ1v) is 5.88. The molecule has 2 N–H and O–H groups in total. The van der Waals surface area contributed by atoms with Crippen LogP contribution in [0.25, 0.3) is 0 Å². The monoisotopic (exact) mass is 242 g/mol. The lowest BCUT2D eigenvalue weighted by Gasteiger charge is -2.22. The Hall–Kier alpha value is -1.30. The van der Waals surface area contributed by atoms with Gasteiger partial charge in [0.25, 0.3) is 0 Å². The van der Waals surface area contributed by atoms with Crippen LogP contribution in [-0.4, -0.2) is 54.4 Å². The third kappa shape index (κ3) is 2.52. The van der Waals surface area contributed by atoms with E-state index in [1.807, 2.05) is 0 Å². The highest BCUT2D eigenvalue weighted by molar-refractivity contribution is 5.79. The molecule has 96 valence electrons. The van der Waals surface area contributed by atoms with Gasteiger partial charge in [-0.2, -0.15) is 0 Å². The van der Waals surface area contributed by atoms with Crippen LogP contribution >= 0.6 is 0 Å². The van der Waals surface area contributed by atoms with E-state index in [-0.39, 0.29) is 18.6 Å². The minimum atomic E-state index is -0.836. The van der Waals surface area contributed by atoms with Gasteiger partial charge in [-0.15, -0.1) is 0 Å². The van der Waals surface area contributed by atoms with Crippen molar-refractivity contribution in [3.05, 3.63) is 0 Å². The number of carboxylic acids is 1. The minimum Gasteiger partial charge on any atom is -0.481 e. The number of aliphatic carboxylic acids is 1. The van der Waals surface area contributed by atoms with Crippen molar-refractivity contribution in [1.82, 2.24) is 10.2 Å². The number of hydrogen-bond acceptors (Lipinski definition) is 3. The molecule has 2 atom stereocenters. The molecular formula is C11H18N2O4. The van der Waals surface area contributed by atoms with Crippen molar-refractivity contribution < 1.29 is 19.4 Å². The van der Waals surface area contributed by atoms with E-state index in [2.05, 4.69) is 5.32 Å². The smallest absolute Gasteiger partial charge is 0.317 e. The summed E-state index contributed by atoms with van der Waals surface area (Å²) in [5.74, 6) is -0.836. The third-order valence-electron chi connectivity index (χ3n) is 3.53. The molecule has 2 amide bonds. The maximum atomic E-state index is 11.9. The van der Waals surface area contributed by atoms with Crippen molar-refractivity contribution >= 4 is 12.0 Å². The molecule has 2 aliphatic heterocycles. The van der Waals surface area contributed by atoms with E-state index < -0.39 is 11.4 Å². The van der Waals surface area contributed by atoms with Gasteiger partial charge >= 0.3 is 12.0 Å². The van der Waals surface area contributed by atoms with Gasteiger partial charge in [-0.3, -0.25) is 4.79 Å². The number of amides is 2. The van der Waals surface area contributed by atoms with Crippen molar-refractivity contribution in [3.8, 4) is 0 Å². The summed E-state index contributed by atoms with van der Waals surface area (Å²) in [6.45, 7) is 3.69. The number of likely N-dealkylation sites (tertiary alicyclic amines) is 1. The molecule has 0 aromatic rings. The molecule has 2 saturated heterocycles. The molecule has 2 unspecified atom stereocenters. The van der Waals surface area contributed by atoms with Crippen LogP contribution < -0.4 is 5.32 Å². The lowest BCUT2D eigenvalue weighted by molar-refractivity contribution is -0.146. The van der Waals surface area contributed by atoms with Gasteiger partial charge in [-0.25, -0.2) is 4.79 Å². The Kier molecular flexibility index (Phi) is 3.24. The molecule has 0 aromatic heterocycles. The molecule has 0 radical (unpaired) electrons. The third-order valence-corrected chi connectivity index (χ3v) is 3.53. The van der Waals surface area contributed by atoms with E-state index in [4.69, 9.17) is 9.84 Å². The van der Waals surface area contributed by atoms with Crippen molar-refractivity contribution in [2.45, 2.75) is 25.8 Å². The van der Waals surface area contributed by atoms with Crippen LogP contribution in [0, 0.1) is 5.41 Å². The highest BCUT2D eigenvalue weighted by atomic mass is 16.5. The summed E-state index contributed by atoms with van der Waals surface area (Å²) < 4.78 is 5.17. The number of rotatable bonds is 2. The standard InChI is InChI=1S/C11H18N2O4/c1-11(9(14)15)3-4-13(7-11)10(16)12-8-2-5-17-6-8/h8H,2-7H2,1H3,(H,12,16)(H,14,15). The zero-order valence-corrected chi connectivity index (χ0v) is 9.94. The Balaban J connectivity index is 1.87. The van der Waals surface area contributed by atoms with Crippen LogP contribution in [0.4, 0.5) is 4.79 Å². The van der Waals surface area contributed by atoms with Gasteiger partial charge in [0.1, 0.15) is 0 Å². The summed E-state index contributed by atoms with van der Waals surface area (Å²) >= 11 is 0. The molecular weight excluding hydrogens is 224 g/mol. The molecule has 6 nitrogen and oxygen atoms in total. The van der Waals surface area contributed by atoms with E-state index in [1.54, 1.807) is 11.8 Å². The van der Waals surface area contributed by atoms with Crippen molar-refractivity contribution in [1.29, 1.82) is 0 Å². The minimum absolute atomic E-state index is 0.0687. The van der Waals surface area contributed by atoms with Gasteiger partial charge in [0.05, 0.1) is 18.1 Å². The highest BCUT2D eigenvalue weighted by Crippen LogP contribution is 2.30. The Labute approximate surface area is 99.9 Å². The van der Waals surface area contributed by atoms with Gasteiger partial charge in [-0.1, -0.05) is 0 Å². The Morgan fingerprint density at radius 3 is 2.82 bits per heavy atom. The number of ether oxygens (including phenoxy) is 1. The predicted octanol–water partition coefficient (Wildman–Crippen LogP) is 0.281. The predicted molar refractivity (Wildman–Crippen MR) is 59.7 cm³/mol. The zero-order chi connectivity index (χ0) is 12.5. The number of carbonyl (C=O) groups excluding carboxylic acids is 1. The summed E-state index contributed by atoms with van der Waals surface area (Å²) in [5.41, 5.74) is -0.802. The van der Waals surface area contributed by atoms with Crippen molar-refractivity contribution in [3.63, 3.8) is 0 Å². The maximum Gasteiger partial charge on any atom is 0.317 e. The molecule has 17 heavy (non-hydrogen) atoms. The zero-order valence-electron chi connectivity index (χ0n) is 9.94. The number of nitrogens with one attached hydrogen (secondary N) is 1. The SMILES string of the molecule is CC1(C(=O)O)CCN(C(=O)NC2CCOC2)C1. The average Bonchev–Trinajstić information content (AvgIpc) is 2.88. The molecule has 0 spiro atoms. The van der Waals surface area contributed by atoms with Crippen LogP contribution in [0.5, 0.6) is 0 Å². The van der Waals surface area contributed by atoms with Gasteiger partial charge in [-0.05, 0) is 19.8 Å². The molecule has 6 heteroatoms. The number of carbonyl (C=O) groups is 2. The Morgan fingerprint density at radius 1 is 1.53 bits per heavy atom. The number of urea groups is 1. The van der Waals surface area contributed by atoms with Crippen LogP contribution in [0.2, 0.25) is 0 Å². The summed E-state index contributed by atoms with van der Waals surface area (Å²) in [6, 6.07) is -0.107. The Bertz CT molecular complexity index is 327. The van der Waals surface area contributed by atoms with E-state index >= 15 is 0 Å². The largest absolute Gasteiger partial charge is 0.481 e. The van der Waals surface area contributed by atoms with E-state index in [0.29, 0.717) is 26.2 Å². The number of hydrogen-bond donors (Lipinski definition) is 2. The van der Waals surface area contributed by atoms with Gasteiger partial charge in [0, 0.05) is 19.7 Å². The van der Waals surface area contributed by atoms with Gasteiger partial charge < -0.3 is 20.1 Å². The second kappa shape index (κ2) is 4.52. The number of carboxylic acid groups (broad SMARTS) is 1. The number of nitrogens with zero attached hydrogens (tertiary/aromatic N) is 1. The molecule has 2 rings (SSSR count). The van der Waals surface area contributed by atoms with Crippen molar-refractivity contribution in [2.24, 2.45) is 5.41 Å². The van der Waals surface area contributed by atoms with E-state index in [0.717, 1.165) is 6.42 Å². The molecule has 2 fully saturated rings. The fourth-order valence-corrected chi connectivity index (χ4v) is 2.22. The normalized spacial score (nSPS) is 32.8. The first-order valence-electron chi connectivity index (χ1n) is 5.88. The van der Waals surface area contributed by atoms with Crippen LogP contribution in [-0.2, 0) is 9.53 Å². The van der Waals surface area contributed by atoms with Gasteiger partial charge in [0.2, 0.25) is 0 Å². The fourth-order valence-electron chi connectivity index (χ4n) is 2.22. The lowest BCUT2D eigenvalue weighted by atomic mass is 9.90. The summed E-state index contributed by atoms with van der Waals surface area (Å²) in [7, 11) is 0. The summed E-state index contributed by atoms with van der Waals surface area (Å²) in [6.07, 6.45) is 1.34. The highest BCUT2D eigenvalue weighted by Gasteiger charge is 2.42. The fraction of sp³-hybridized carbons (Fsp3) is 0.818. The first-order chi connectivity index (χ1) is 8.01. The van der Waals surface area contributed by atoms with Crippen molar-refractivity contribution in [2.75, 3.05) is 26.3 Å². The van der Waals surface area contributed by atoms with Crippen LogP contribution in [0.3, 0.4) is 0 Å². The van der Waals surface area contributed by atoms with Gasteiger partial charge in [0.15, 0.2) is 0 Å². The molecule has 0 aromatic carbocycles. The second-order valence-electron chi connectivity index (χ2n) is 5.05. The van der Waals surface area contributed by atoms with Crippen LogP contribution in [0.1, 0.15) is 19.8 Å². The lowest BCUT2D eigenvalue weighted by Crippen LogP contribution is -2.45. The summed E-state index contributed by atoms with van der Waals surface area (Å²) in [5, 5.41) is 11.9. The first kappa shape index (κ1) is 12.2.